The maximum Gasteiger partial charge on any atom is 0.340 e. The van der Waals surface area contributed by atoms with Gasteiger partial charge in [0, 0.05) is 48.5 Å². The van der Waals surface area contributed by atoms with Crippen LogP contribution in [0.5, 0.6) is 23.0 Å². The van der Waals surface area contributed by atoms with Gasteiger partial charge in [-0.1, -0.05) is 18.2 Å². The van der Waals surface area contributed by atoms with Gasteiger partial charge >= 0.3 is 5.97 Å². The van der Waals surface area contributed by atoms with Crippen LogP contribution in [0.3, 0.4) is 0 Å². The lowest BCUT2D eigenvalue weighted by atomic mass is 9.77. The van der Waals surface area contributed by atoms with E-state index in [2.05, 4.69) is 21.8 Å². The molecular weight excluding hydrogens is 627 g/mol. The van der Waals surface area contributed by atoms with Crippen LogP contribution in [-0.4, -0.2) is 54.1 Å². The van der Waals surface area contributed by atoms with Crippen molar-refractivity contribution in [1.82, 2.24) is 15.7 Å². The second-order valence-corrected chi connectivity index (χ2v) is 12.5. The Kier molecular flexibility index (Phi) is 12.5. The summed E-state index contributed by atoms with van der Waals surface area (Å²) in [5.41, 5.74) is 1.28. The van der Waals surface area contributed by atoms with E-state index < -0.39 is 20.1 Å². The number of phenolic OH excluding ortho intramolecular Hbond substituents is 2. The van der Waals surface area contributed by atoms with Crippen LogP contribution in [0, 0.1) is 11.3 Å². The molecule has 0 aliphatic carbocycles. The number of fused-ring (bicyclic) bond motifs is 6. The van der Waals surface area contributed by atoms with E-state index in [4.69, 9.17) is 36.0 Å². The van der Waals surface area contributed by atoms with Crippen molar-refractivity contribution in [3.8, 4) is 29.1 Å². The third-order valence-corrected chi connectivity index (χ3v) is 8.92. The highest BCUT2D eigenvalue weighted by atomic mass is 32.1. The van der Waals surface area contributed by atoms with Gasteiger partial charge in [-0.3, -0.25) is 0 Å². The Hall–Kier alpha value is -3.98. The predicted octanol–water partition coefficient (Wildman–Crippen LogP) is 6.09. The largest absolute Gasteiger partial charge is 0.508 e. The number of nitriles is 1. The monoisotopic (exact) mass is 666 g/mol. The summed E-state index contributed by atoms with van der Waals surface area (Å²) in [6.45, 7) is 6.03. The van der Waals surface area contributed by atoms with E-state index in [1.165, 1.54) is 24.3 Å². The Labute approximate surface area is 275 Å². The summed E-state index contributed by atoms with van der Waals surface area (Å²) in [5.74, 6) is 0.408. The molecule has 13 heteroatoms. The Bertz CT molecular complexity index is 1510. The summed E-state index contributed by atoms with van der Waals surface area (Å²) < 4.78 is 23.0. The van der Waals surface area contributed by atoms with E-state index in [0.29, 0.717) is 64.5 Å². The van der Waals surface area contributed by atoms with Crippen LogP contribution >= 0.6 is 20.7 Å². The van der Waals surface area contributed by atoms with E-state index >= 15 is 0 Å². The number of phenols is 2. The fourth-order valence-corrected chi connectivity index (χ4v) is 6.29. The predicted molar refractivity (Wildman–Crippen MR) is 179 cm³/mol. The molecule has 11 nitrogen and oxygen atoms in total. The molecule has 2 heterocycles. The van der Waals surface area contributed by atoms with Crippen LogP contribution in [0.15, 0.2) is 60.7 Å². The number of ether oxygens (including phenoxy) is 2. The first-order chi connectivity index (χ1) is 22.2. The molecule has 244 valence electrons. The van der Waals surface area contributed by atoms with Crippen molar-refractivity contribution in [2.75, 3.05) is 26.8 Å². The third kappa shape index (κ3) is 8.43. The molecular formula is C33H39N4O7PS. The minimum absolute atomic E-state index is 0.0371. The number of carbonyl (C=O) groups excluding carboxylic acids is 1. The Morgan fingerprint density at radius 1 is 0.978 bits per heavy atom. The summed E-state index contributed by atoms with van der Waals surface area (Å²) in [6, 6.07) is 18.9. The normalized spacial score (nSPS) is 14.0. The van der Waals surface area contributed by atoms with Crippen molar-refractivity contribution >= 4 is 31.8 Å². The minimum Gasteiger partial charge on any atom is -0.508 e. The van der Waals surface area contributed by atoms with E-state index in [-0.39, 0.29) is 11.5 Å². The molecule has 0 saturated heterocycles. The highest BCUT2D eigenvalue weighted by Gasteiger charge is 2.53. The van der Waals surface area contributed by atoms with Gasteiger partial charge in [0.15, 0.2) is 10.7 Å². The average molecular weight is 667 g/mol. The molecule has 1 unspecified atom stereocenters. The number of hydrogen-bond donors (Lipinski definition) is 5. The number of esters is 1. The molecule has 5 rings (SSSR count). The van der Waals surface area contributed by atoms with Gasteiger partial charge in [-0.15, -0.1) is 0 Å². The molecule has 0 fully saturated rings. The van der Waals surface area contributed by atoms with E-state index in [1.807, 2.05) is 26.0 Å². The van der Waals surface area contributed by atoms with Crippen LogP contribution < -0.4 is 20.5 Å². The molecule has 3 aromatic carbocycles. The smallest absolute Gasteiger partial charge is 0.340 e. The summed E-state index contributed by atoms with van der Waals surface area (Å²) in [7, 11) is 0.708. The molecule has 2 aliphatic rings. The highest BCUT2D eigenvalue weighted by molar-refractivity contribution is 7.80. The summed E-state index contributed by atoms with van der Waals surface area (Å²) >= 11 is 4.99. The average Bonchev–Trinajstić information content (AvgIpc) is 3.32. The maximum atomic E-state index is 12.5. The lowest BCUT2D eigenvalue weighted by Gasteiger charge is -2.36. The Balaban J connectivity index is 0.000000214. The van der Waals surface area contributed by atoms with Gasteiger partial charge in [0.2, 0.25) is 0 Å². The molecule has 0 radical (unpaired) electrons. The quantitative estimate of drug-likeness (QED) is 0.0658. The van der Waals surface area contributed by atoms with E-state index in [0.717, 1.165) is 25.8 Å². The zero-order valence-corrected chi connectivity index (χ0v) is 27.7. The third-order valence-electron chi connectivity index (χ3n) is 7.01. The van der Waals surface area contributed by atoms with Gasteiger partial charge in [0.25, 0.3) is 8.53 Å². The first kappa shape index (κ1) is 34.9. The van der Waals surface area contributed by atoms with Gasteiger partial charge in [-0.2, -0.15) is 5.26 Å². The SMILES string of the molecule is CNC(=S)NCCCCCOP(NC(C)C)OCCC#N.O=C1OC2(c3ccc(O)cc3Oc3cc(O)ccc32)c2ccccc21. The number of benzene rings is 3. The number of aromatic hydroxyl groups is 2. The van der Waals surface area contributed by atoms with Crippen molar-refractivity contribution in [3.05, 3.63) is 82.9 Å². The minimum atomic E-state index is -1.17. The number of nitrogens with one attached hydrogen (secondary N) is 3. The van der Waals surface area contributed by atoms with Gasteiger partial charge in [0.1, 0.15) is 23.0 Å². The molecule has 0 saturated carbocycles. The number of rotatable bonds is 12. The number of hydrogen-bond acceptors (Lipinski definition) is 10. The lowest BCUT2D eigenvalue weighted by molar-refractivity contribution is 0.0224. The fourth-order valence-electron chi connectivity index (χ4n) is 4.99. The number of unbranched alkanes of at least 4 members (excludes halogenated alkanes) is 2. The Morgan fingerprint density at radius 3 is 2.26 bits per heavy atom. The van der Waals surface area contributed by atoms with Crippen molar-refractivity contribution < 1.29 is 33.5 Å². The molecule has 46 heavy (non-hydrogen) atoms. The van der Waals surface area contributed by atoms with E-state index in [1.54, 1.807) is 31.3 Å². The zero-order valence-electron chi connectivity index (χ0n) is 26.0. The summed E-state index contributed by atoms with van der Waals surface area (Å²) in [4.78, 5) is 12.5. The van der Waals surface area contributed by atoms with Gasteiger partial charge in [-0.05, 0) is 75.7 Å². The van der Waals surface area contributed by atoms with Crippen LogP contribution in [-0.2, 0) is 19.4 Å². The van der Waals surface area contributed by atoms with Crippen LogP contribution in [0.2, 0.25) is 0 Å². The zero-order chi connectivity index (χ0) is 33.1. The van der Waals surface area contributed by atoms with Gasteiger partial charge in [0.05, 0.1) is 31.3 Å². The van der Waals surface area contributed by atoms with Crippen molar-refractivity contribution in [1.29, 1.82) is 5.26 Å². The Morgan fingerprint density at radius 2 is 1.63 bits per heavy atom. The van der Waals surface area contributed by atoms with Crippen molar-refractivity contribution in [3.63, 3.8) is 0 Å². The van der Waals surface area contributed by atoms with Crippen molar-refractivity contribution in [2.45, 2.75) is 51.2 Å². The number of carbonyl (C=O) groups is 1. The molecule has 0 aromatic heterocycles. The van der Waals surface area contributed by atoms with E-state index in [9.17, 15) is 15.0 Å². The second kappa shape index (κ2) is 16.5. The summed E-state index contributed by atoms with van der Waals surface area (Å²) in [5, 5.41) is 38.1. The van der Waals surface area contributed by atoms with Gasteiger partial charge in [-0.25, -0.2) is 9.88 Å². The molecule has 0 bridgehead atoms. The maximum absolute atomic E-state index is 12.5. The molecule has 0 amide bonds. The topological polar surface area (TPSA) is 154 Å². The first-order valence-electron chi connectivity index (χ1n) is 15.0. The standard InChI is InChI=1S/C20H12O5.C13H27N4O2PS/c21-11-5-7-15-17(9-11)24-18-10-12(22)6-8-16(18)20(15)14-4-2-1-3-13(14)19(23)25-20;1-12(2)17-20(19-11-7-8-14)18-10-6-4-5-9-16-13(21)15-3/h1-10,21-22H;12,17H,4-7,9-11H2,1-3H3,(H2,15,16,21). The molecule has 2 aliphatic heterocycles. The van der Waals surface area contributed by atoms with Crippen molar-refractivity contribution in [2.24, 2.45) is 0 Å². The second-order valence-electron chi connectivity index (χ2n) is 10.8. The number of thiocarbonyl (C=S) groups is 1. The molecule has 1 atom stereocenters. The van der Waals surface area contributed by atoms with Crippen LogP contribution in [0.1, 0.15) is 66.6 Å². The first-order valence-corrected chi connectivity index (χ1v) is 16.6. The molecule has 5 N–H and O–H groups in total. The number of nitrogens with zero attached hydrogens (tertiary/aromatic N) is 1. The fraction of sp³-hybridized carbons (Fsp3) is 0.364. The van der Waals surface area contributed by atoms with Crippen LogP contribution in [0.4, 0.5) is 0 Å². The molecule has 1 spiro atoms. The van der Waals surface area contributed by atoms with Gasteiger partial charge < -0.3 is 39.4 Å². The summed E-state index contributed by atoms with van der Waals surface area (Å²) in [6.07, 6.45) is 3.49. The highest BCUT2D eigenvalue weighted by Crippen LogP contribution is 2.56. The molecule has 3 aromatic rings. The van der Waals surface area contributed by atoms with Crippen LogP contribution in [0.25, 0.3) is 0 Å². The lowest BCUT2D eigenvalue weighted by Crippen LogP contribution is -2.32.